The second-order valence-electron chi connectivity index (χ2n) is 4.62. The first kappa shape index (κ1) is 12.8. The SMILES string of the molecule is Cc1ccc(C=CC(=O)NCC2CCCO2)cc1. The first-order valence-electron chi connectivity index (χ1n) is 6.38. The van der Waals surface area contributed by atoms with Crippen LogP contribution in [0.5, 0.6) is 0 Å². The van der Waals surface area contributed by atoms with Gasteiger partial charge in [-0.3, -0.25) is 4.79 Å². The summed E-state index contributed by atoms with van der Waals surface area (Å²) in [5.74, 6) is -0.0638. The third kappa shape index (κ3) is 4.00. The Labute approximate surface area is 108 Å². The Balaban J connectivity index is 1.77. The Bertz CT molecular complexity index is 417. The van der Waals surface area contributed by atoms with Gasteiger partial charge in [0, 0.05) is 19.2 Å². The summed E-state index contributed by atoms with van der Waals surface area (Å²) in [5.41, 5.74) is 2.25. The fourth-order valence-corrected chi connectivity index (χ4v) is 1.93. The van der Waals surface area contributed by atoms with E-state index in [-0.39, 0.29) is 12.0 Å². The quantitative estimate of drug-likeness (QED) is 0.827. The topological polar surface area (TPSA) is 38.3 Å². The first-order valence-corrected chi connectivity index (χ1v) is 6.38. The average molecular weight is 245 g/mol. The summed E-state index contributed by atoms with van der Waals surface area (Å²) in [6, 6.07) is 8.06. The minimum atomic E-state index is -0.0638. The third-order valence-corrected chi connectivity index (χ3v) is 3.03. The van der Waals surface area contributed by atoms with E-state index in [9.17, 15) is 4.79 Å². The molecular formula is C15H19NO2. The summed E-state index contributed by atoms with van der Waals surface area (Å²) >= 11 is 0. The minimum absolute atomic E-state index is 0.0638. The number of hydrogen-bond acceptors (Lipinski definition) is 2. The zero-order valence-electron chi connectivity index (χ0n) is 10.7. The smallest absolute Gasteiger partial charge is 0.244 e. The molecule has 0 saturated carbocycles. The van der Waals surface area contributed by atoms with Gasteiger partial charge in [0.1, 0.15) is 0 Å². The molecule has 3 heteroatoms. The van der Waals surface area contributed by atoms with Crippen LogP contribution < -0.4 is 5.32 Å². The molecule has 3 nitrogen and oxygen atoms in total. The zero-order valence-corrected chi connectivity index (χ0v) is 10.7. The molecular weight excluding hydrogens is 226 g/mol. The first-order chi connectivity index (χ1) is 8.74. The van der Waals surface area contributed by atoms with Gasteiger partial charge in [-0.2, -0.15) is 0 Å². The lowest BCUT2D eigenvalue weighted by atomic mass is 10.1. The highest BCUT2D eigenvalue weighted by Crippen LogP contribution is 2.10. The fraction of sp³-hybridized carbons (Fsp3) is 0.400. The highest BCUT2D eigenvalue weighted by molar-refractivity contribution is 5.91. The van der Waals surface area contributed by atoms with Crippen molar-refractivity contribution in [1.82, 2.24) is 5.32 Å². The number of carbonyl (C=O) groups is 1. The molecule has 0 radical (unpaired) electrons. The van der Waals surface area contributed by atoms with Crippen LogP contribution in [0.4, 0.5) is 0 Å². The monoisotopic (exact) mass is 245 g/mol. The number of aryl methyl sites for hydroxylation is 1. The van der Waals surface area contributed by atoms with Gasteiger partial charge in [0.2, 0.25) is 5.91 Å². The number of nitrogens with one attached hydrogen (secondary N) is 1. The molecule has 1 fully saturated rings. The van der Waals surface area contributed by atoms with E-state index in [4.69, 9.17) is 4.74 Å². The van der Waals surface area contributed by atoms with Crippen molar-refractivity contribution in [2.75, 3.05) is 13.2 Å². The van der Waals surface area contributed by atoms with Crippen molar-refractivity contribution in [2.45, 2.75) is 25.9 Å². The van der Waals surface area contributed by atoms with Crippen LogP contribution in [0.15, 0.2) is 30.3 Å². The Morgan fingerprint density at radius 3 is 2.89 bits per heavy atom. The molecule has 1 aliphatic heterocycles. The predicted octanol–water partition coefficient (Wildman–Crippen LogP) is 2.30. The van der Waals surface area contributed by atoms with E-state index in [2.05, 4.69) is 5.32 Å². The van der Waals surface area contributed by atoms with E-state index in [1.165, 1.54) is 5.56 Å². The molecule has 1 aliphatic rings. The lowest BCUT2D eigenvalue weighted by Gasteiger charge is -2.08. The molecule has 1 unspecified atom stereocenters. The van der Waals surface area contributed by atoms with Gasteiger partial charge in [0.05, 0.1) is 6.10 Å². The lowest BCUT2D eigenvalue weighted by Crippen LogP contribution is -2.30. The molecule has 0 aliphatic carbocycles. The van der Waals surface area contributed by atoms with Crippen LogP contribution in [0.25, 0.3) is 6.08 Å². The number of hydrogen-bond donors (Lipinski definition) is 1. The van der Waals surface area contributed by atoms with Crippen molar-refractivity contribution in [3.63, 3.8) is 0 Å². The Morgan fingerprint density at radius 2 is 2.22 bits per heavy atom. The second-order valence-corrected chi connectivity index (χ2v) is 4.62. The van der Waals surface area contributed by atoms with Crippen molar-refractivity contribution in [2.24, 2.45) is 0 Å². The largest absolute Gasteiger partial charge is 0.376 e. The van der Waals surface area contributed by atoms with E-state index >= 15 is 0 Å². The maximum Gasteiger partial charge on any atom is 0.244 e. The fourth-order valence-electron chi connectivity index (χ4n) is 1.93. The van der Waals surface area contributed by atoms with Crippen LogP contribution in [-0.4, -0.2) is 25.2 Å². The summed E-state index contributed by atoms with van der Waals surface area (Å²) in [4.78, 5) is 11.6. The third-order valence-electron chi connectivity index (χ3n) is 3.03. The van der Waals surface area contributed by atoms with Crippen molar-refractivity contribution in [1.29, 1.82) is 0 Å². The van der Waals surface area contributed by atoms with Crippen molar-refractivity contribution < 1.29 is 9.53 Å². The maximum atomic E-state index is 11.6. The molecule has 18 heavy (non-hydrogen) atoms. The highest BCUT2D eigenvalue weighted by atomic mass is 16.5. The molecule has 0 aromatic heterocycles. The molecule has 1 atom stereocenters. The molecule has 0 bridgehead atoms. The molecule has 96 valence electrons. The van der Waals surface area contributed by atoms with Crippen LogP contribution in [0.1, 0.15) is 24.0 Å². The van der Waals surface area contributed by atoms with Crippen LogP contribution in [-0.2, 0) is 9.53 Å². The van der Waals surface area contributed by atoms with E-state index in [1.807, 2.05) is 37.3 Å². The van der Waals surface area contributed by atoms with Crippen LogP contribution in [0, 0.1) is 6.92 Å². The average Bonchev–Trinajstić information content (AvgIpc) is 2.89. The summed E-state index contributed by atoms with van der Waals surface area (Å²) in [6.07, 6.45) is 5.73. The number of carbonyl (C=O) groups excluding carboxylic acids is 1. The summed E-state index contributed by atoms with van der Waals surface area (Å²) in [5, 5.41) is 2.86. The zero-order chi connectivity index (χ0) is 12.8. The molecule has 1 amide bonds. The van der Waals surface area contributed by atoms with E-state index in [0.717, 1.165) is 25.0 Å². The number of rotatable bonds is 4. The van der Waals surface area contributed by atoms with Crippen LogP contribution in [0.2, 0.25) is 0 Å². The van der Waals surface area contributed by atoms with Crippen LogP contribution in [0.3, 0.4) is 0 Å². The summed E-state index contributed by atoms with van der Waals surface area (Å²) in [6.45, 7) is 3.47. The normalized spacial score (nSPS) is 19.3. The Kier molecular flexibility index (Phi) is 4.53. The molecule has 1 aromatic rings. The van der Waals surface area contributed by atoms with Crippen molar-refractivity contribution in [3.05, 3.63) is 41.5 Å². The van der Waals surface area contributed by atoms with Crippen LogP contribution >= 0.6 is 0 Å². The van der Waals surface area contributed by atoms with E-state index < -0.39 is 0 Å². The summed E-state index contributed by atoms with van der Waals surface area (Å²) in [7, 11) is 0. The predicted molar refractivity (Wildman–Crippen MR) is 72.2 cm³/mol. The maximum absolute atomic E-state index is 11.6. The highest BCUT2D eigenvalue weighted by Gasteiger charge is 2.15. The van der Waals surface area contributed by atoms with Gasteiger partial charge in [0.25, 0.3) is 0 Å². The molecule has 1 heterocycles. The summed E-state index contributed by atoms with van der Waals surface area (Å²) < 4.78 is 5.44. The van der Waals surface area contributed by atoms with Crippen molar-refractivity contribution in [3.8, 4) is 0 Å². The second kappa shape index (κ2) is 6.36. The number of benzene rings is 1. The lowest BCUT2D eigenvalue weighted by molar-refractivity contribution is -0.116. The van der Waals surface area contributed by atoms with Gasteiger partial charge in [-0.05, 0) is 31.4 Å². The number of ether oxygens (including phenoxy) is 1. The van der Waals surface area contributed by atoms with Gasteiger partial charge in [0.15, 0.2) is 0 Å². The molecule has 1 aromatic carbocycles. The molecule has 1 N–H and O–H groups in total. The van der Waals surface area contributed by atoms with Gasteiger partial charge in [-0.25, -0.2) is 0 Å². The molecule has 1 saturated heterocycles. The van der Waals surface area contributed by atoms with Gasteiger partial charge in [-0.1, -0.05) is 29.8 Å². The Morgan fingerprint density at radius 1 is 1.44 bits per heavy atom. The number of amides is 1. The molecule has 0 spiro atoms. The van der Waals surface area contributed by atoms with Gasteiger partial charge >= 0.3 is 0 Å². The minimum Gasteiger partial charge on any atom is -0.376 e. The van der Waals surface area contributed by atoms with E-state index in [1.54, 1.807) is 6.08 Å². The Hall–Kier alpha value is -1.61. The standard InChI is InChI=1S/C15H19NO2/c1-12-4-6-13(7-5-12)8-9-15(17)16-11-14-3-2-10-18-14/h4-9,14H,2-3,10-11H2,1H3,(H,16,17). The van der Waals surface area contributed by atoms with Gasteiger partial charge < -0.3 is 10.1 Å². The molecule has 2 rings (SSSR count). The van der Waals surface area contributed by atoms with Crippen molar-refractivity contribution >= 4 is 12.0 Å². The van der Waals surface area contributed by atoms with Gasteiger partial charge in [-0.15, -0.1) is 0 Å². The van der Waals surface area contributed by atoms with E-state index in [0.29, 0.717) is 6.54 Å².